The molecular weight excluding hydrogens is 699 g/mol. The second-order valence-corrected chi connectivity index (χ2v) is 14.6. The predicted octanol–water partition coefficient (Wildman–Crippen LogP) is 15.2. The van der Waals surface area contributed by atoms with Crippen molar-refractivity contribution >= 4 is 38.6 Å². The van der Waals surface area contributed by atoms with Crippen LogP contribution in [0.15, 0.2) is 236 Å². The summed E-state index contributed by atoms with van der Waals surface area (Å²) in [6.45, 7) is 0. The van der Waals surface area contributed by atoms with E-state index in [0.717, 1.165) is 49.4 Å². The summed E-state index contributed by atoms with van der Waals surface area (Å²) in [4.78, 5) is 1.46. The molecule has 0 bridgehead atoms. The molecule has 0 aromatic heterocycles. The Balaban J connectivity index is 1.27. The van der Waals surface area contributed by atoms with E-state index in [1.165, 1.54) is 4.90 Å². The van der Waals surface area contributed by atoms with Gasteiger partial charge in [-0.25, -0.2) is 0 Å². The van der Waals surface area contributed by atoms with Gasteiger partial charge in [-0.3, -0.25) is 0 Å². The summed E-state index contributed by atoms with van der Waals surface area (Å²) in [6, 6.07) is 57.9. The number of anilines is 3. The molecule has 10 aromatic rings. The van der Waals surface area contributed by atoms with Crippen LogP contribution in [-0.4, -0.2) is 0 Å². The van der Waals surface area contributed by atoms with Crippen LogP contribution in [0.4, 0.5) is 17.1 Å². The Morgan fingerprint density at radius 3 is 1.31 bits per heavy atom. The van der Waals surface area contributed by atoms with Crippen LogP contribution in [0.3, 0.4) is 0 Å². The molecule has 11 rings (SSSR count). The number of rotatable bonds is 7. The van der Waals surface area contributed by atoms with E-state index in [-0.39, 0.29) is 46.7 Å². The van der Waals surface area contributed by atoms with E-state index in [9.17, 15) is 11.0 Å². The number of fused-ring (bicyclic) bond motifs is 5. The third-order valence-corrected chi connectivity index (χ3v) is 11.5. The number of nitrogens with zero attached hydrogens (tertiary/aromatic N) is 1. The van der Waals surface area contributed by atoms with Crippen LogP contribution in [0, 0.1) is 0 Å². The van der Waals surface area contributed by atoms with Crippen molar-refractivity contribution < 1.29 is 11.0 Å². The molecule has 10 aromatic carbocycles. The van der Waals surface area contributed by atoms with Crippen molar-refractivity contribution in [1.82, 2.24) is 0 Å². The van der Waals surface area contributed by atoms with E-state index in [0.29, 0.717) is 22.4 Å². The van der Waals surface area contributed by atoms with Crippen molar-refractivity contribution in [1.29, 1.82) is 0 Å². The summed E-state index contributed by atoms with van der Waals surface area (Å²) in [7, 11) is 0. The van der Waals surface area contributed by atoms with E-state index >= 15 is 0 Å². The van der Waals surface area contributed by atoms with Crippen molar-refractivity contribution in [3.05, 3.63) is 259 Å². The zero-order valence-corrected chi connectivity index (χ0v) is 31.3. The molecule has 1 aliphatic carbocycles. The Hall–Kier alpha value is -7.48. The normalized spacial score (nSPS) is 14.6. The first-order chi connectivity index (χ1) is 32.1. The smallest absolute Gasteiger partial charge is 0.0714 e. The molecule has 0 heterocycles. The first kappa shape index (κ1) is 26.4. The highest BCUT2D eigenvalue weighted by Gasteiger charge is 2.47. The molecule has 0 unspecified atom stereocenters. The lowest BCUT2D eigenvalue weighted by Crippen LogP contribution is -2.28. The SMILES string of the molecule is [2H]c1c([2H])c(N(c2cccc3c2-c2ccccc2C3(c2ccccc2)c2ccccc2)c2c([2H])c([2H])c(-c3cccc4ccccc34)c([2H])c2[2H])c([2H])c([2H])c1-c1cccc2ccccc12. The molecule has 0 atom stereocenters. The van der Waals surface area contributed by atoms with Crippen molar-refractivity contribution in [2.75, 3.05) is 4.90 Å². The van der Waals surface area contributed by atoms with Crippen molar-refractivity contribution in [3.63, 3.8) is 0 Å². The molecule has 0 amide bonds. The topological polar surface area (TPSA) is 3.24 Å². The van der Waals surface area contributed by atoms with Gasteiger partial charge in [-0.15, -0.1) is 0 Å². The highest BCUT2D eigenvalue weighted by Crippen LogP contribution is 2.59. The summed E-state index contributed by atoms with van der Waals surface area (Å²) in [6.07, 6.45) is 0. The summed E-state index contributed by atoms with van der Waals surface area (Å²) < 4.78 is 78.4. The van der Waals surface area contributed by atoms with Gasteiger partial charge in [-0.05, 0) is 102 Å². The second kappa shape index (κ2) is 13.9. The summed E-state index contributed by atoms with van der Waals surface area (Å²) >= 11 is 0. The summed E-state index contributed by atoms with van der Waals surface area (Å²) in [5.74, 6) is 0. The van der Waals surface area contributed by atoms with Gasteiger partial charge in [0, 0.05) is 16.9 Å². The Morgan fingerprint density at radius 1 is 0.345 bits per heavy atom. The fraction of sp³-hybridized carbons (Fsp3) is 0.0175. The largest absolute Gasteiger partial charge is 0.310 e. The molecule has 0 radical (unpaired) electrons. The van der Waals surface area contributed by atoms with Gasteiger partial charge in [0.15, 0.2) is 0 Å². The van der Waals surface area contributed by atoms with Crippen LogP contribution in [0.2, 0.25) is 0 Å². The summed E-state index contributed by atoms with van der Waals surface area (Å²) in [5, 5.41) is 3.30. The lowest BCUT2D eigenvalue weighted by atomic mass is 9.68. The Labute approximate surface area is 351 Å². The zero-order chi connectivity index (χ0) is 45.4. The highest BCUT2D eigenvalue weighted by molar-refractivity contribution is 6.00. The number of hydrogen-bond acceptors (Lipinski definition) is 1. The summed E-state index contributed by atoms with van der Waals surface area (Å²) in [5.41, 5.74) is 5.81. The van der Waals surface area contributed by atoms with Gasteiger partial charge in [-0.2, -0.15) is 0 Å². The minimum absolute atomic E-state index is 0.118. The molecular formula is C57H39N. The monoisotopic (exact) mass is 745 g/mol. The second-order valence-electron chi connectivity index (χ2n) is 14.6. The maximum absolute atomic E-state index is 9.92. The lowest BCUT2D eigenvalue weighted by molar-refractivity contribution is 0.768. The average molecular weight is 746 g/mol. The Kier molecular flexibility index (Phi) is 6.33. The highest BCUT2D eigenvalue weighted by atomic mass is 15.1. The van der Waals surface area contributed by atoms with Crippen LogP contribution >= 0.6 is 0 Å². The quantitative estimate of drug-likeness (QED) is 0.157. The fourth-order valence-electron chi connectivity index (χ4n) is 9.00. The van der Waals surface area contributed by atoms with Crippen LogP contribution in [0.1, 0.15) is 33.2 Å². The van der Waals surface area contributed by atoms with Gasteiger partial charge in [0.2, 0.25) is 0 Å². The average Bonchev–Trinajstić information content (AvgIpc) is 3.67. The third kappa shape index (κ3) is 5.32. The number of hydrogen-bond donors (Lipinski definition) is 0. The maximum atomic E-state index is 9.92. The lowest BCUT2D eigenvalue weighted by Gasteiger charge is -2.34. The molecule has 0 saturated carbocycles. The van der Waals surface area contributed by atoms with E-state index in [1.807, 2.05) is 140 Å². The van der Waals surface area contributed by atoms with E-state index in [4.69, 9.17) is 0 Å². The minimum atomic E-state index is -0.865. The first-order valence-electron chi connectivity index (χ1n) is 23.5. The first-order valence-corrected chi connectivity index (χ1v) is 19.5. The molecule has 1 nitrogen and oxygen atoms in total. The molecule has 0 N–H and O–H groups in total. The Morgan fingerprint density at radius 2 is 0.759 bits per heavy atom. The van der Waals surface area contributed by atoms with Crippen molar-refractivity contribution in [3.8, 4) is 33.4 Å². The third-order valence-electron chi connectivity index (χ3n) is 11.5. The maximum Gasteiger partial charge on any atom is 0.0714 e. The van der Waals surface area contributed by atoms with Gasteiger partial charge in [0.05, 0.1) is 22.1 Å². The number of benzene rings is 10. The van der Waals surface area contributed by atoms with Crippen LogP contribution in [0.5, 0.6) is 0 Å². The molecule has 1 heteroatoms. The van der Waals surface area contributed by atoms with Crippen LogP contribution in [0.25, 0.3) is 54.9 Å². The van der Waals surface area contributed by atoms with Gasteiger partial charge in [0.25, 0.3) is 0 Å². The van der Waals surface area contributed by atoms with E-state index < -0.39 is 29.6 Å². The van der Waals surface area contributed by atoms with Crippen LogP contribution in [-0.2, 0) is 5.41 Å². The van der Waals surface area contributed by atoms with Gasteiger partial charge in [-0.1, -0.05) is 206 Å². The molecule has 0 spiro atoms. The minimum Gasteiger partial charge on any atom is -0.310 e. The molecule has 0 fully saturated rings. The molecule has 0 aliphatic heterocycles. The zero-order valence-electron chi connectivity index (χ0n) is 39.3. The van der Waals surface area contributed by atoms with Gasteiger partial charge in [0.1, 0.15) is 0 Å². The van der Waals surface area contributed by atoms with Gasteiger partial charge < -0.3 is 4.90 Å². The van der Waals surface area contributed by atoms with Crippen molar-refractivity contribution in [2.24, 2.45) is 0 Å². The van der Waals surface area contributed by atoms with E-state index in [2.05, 4.69) is 36.4 Å². The van der Waals surface area contributed by atoms with E-state index in [1.54, 1.807) is 12.1 Å². The Bertz CT molecular complexity index is 3340. The van der Waals surface area contributed by atoms with Crippen molar-refractivity contribution in [2.45, 2.75) is 5.41 Å². The molecule has 0 saturated heterocycles. The van der Waals surface area contributed by atoms with Crippen LogP contribution < -0.4 is 4.90 Å². The molecule has 1 aliphatic rings. The standard InChI is InChI=1S/C57H39N/c1-3-20-44(21-4-1)57(45-22-5-2-6-23-45)53-29-12-11-26-52(53)56-54(57)30-15-31-55(56)58(46-36-32-42(33-37-46)50-27-13-18-40-16-7-9-24-48(40)50)47-38-34-43(35-39-47)51-28-14-19-41-17-8-10-25-49(41)51/h1-39H/i32D,33D,34D,35D,36D,37D,38D,39D. The molecule has 58 heavy (non-hydrogen) atoms. The fourth-order valence-corrected chi connectivity index (χ4v) is 9.00. The predicted molar refractivity (Wildman–Crippen MR) is 244 cm³/mol. The van der Waals surface area contributed by atoms with Gasteiger partial charge >= 0.3 is 0 Å². The molecule has 272 valence electrons.